The average molecular weight is 346 g/mol. The van der Waals surface area contributed by atoms with Gasteiger partial charge in [-0.15, -0.1) is 0 Å². The normalized spacial score (nSPS) is 22.5. The molecule has 1 aliphatic carbocycles. The zero-order valence-corrected chi connectivity index (χ0v) is 14.2. The number of carboxylic acid groups (broad SMARTS) is 1. The molecule has 3 rings (SSSR count). The molecule has 7 nitrogen and oxygen atoms in total. The van der Waals surface area contributed by atoms with Crippen LogP contribution in [0.15, 0.2) is 12.1 Å². The van der Waals surface area contributed by atoms with Gasteiger partial charge in [0, 0.05) is 25.1 Å². The van der Waals surface area contributed by atoms with Crippen LogP contribution in [0.3, 0.4) is 0 Å². The molecular formula is C18H22N2O5. The minimum atomic E-state index is -0.928. The lowest BCUT2D eigenvalue weighted by atomic mass is 9.80. The second-order valence-corrected chi connectivity index (χ2v) is 7.05. The van der Waals surface area contributed by atoms with Crippen LogP contribution in [0.25, 0.3) is 0 Å². The van der Waals surface area contributed by atoms with Crippen LogP contribution in [0.4, 0.5) is 5.69 Å². The molecule has 0 saturated carbocycles. The first-order chi connectivity index (χ1) is 11.9. The van der Waals surface area contributed by atoms with Gasteiger partial charge in [-0.05, 0) is 61.6 Å². The number of carboxylic acids is 1. The minimum Gasteiger partial charge on any atom is -0.480 e. The molecule has 0 radical (unpaired) electrons. The molecule has 134 valence electrons. The van der Waals surface area contributed by atoms with Crippen LogP contribution in [0, 0.1) is 23.0 Å². The predicted molar refractivity (Wildman–Crippen MR) is 90.3 cm³/mol. The molecule has 1 saturated heterocycles. The molecule has 0 spiro atoms. The van der Waals surface area contributed by atoms with Crippen LogP contribution in [-0.2, 0) is 22.4 Å². The number of fused-ring (bicyclic) bond motifs is 1. The highest BCUT2D eigenvalue weighted by Crippen LogP contribution is 2.33. The van der Waals surface area contributed by atoms with Crippen molar-refractivity contribution < 1.29 is 19.6 Å². The first kappa shape index (κ1) is 17.4. The average Bonchev–Trinajstić information content (AvgIpc) is 3.05. The third kappa shape index (κ3) is 3.50. The smallest absolute Gasteiger partial charge is 0.326 e. The summed E-state index contributed by atoms with van der Waals surface area (Å²) in [6.07, 6.45) is 3.84. The minimum absolute atomic E-state index is 0.0853. The number of aliphatic carboxylic acids is 1. The molecule has 0 bridgehead atoms. The number of nitro benzene ring substituents is 1. The Morgan fingerprint density at radius 3 is 2.80 bits per heavy atom. The second kappa shape index (κ2) is 6.82. The Labute approximate surface area is 145 Å². The molecule has 1 aliphatic heterocycles. The summed E-state index contributed by atoms with van der Waals surface area (Å²) in [6, 6.07) is 2.54. The van der Waals surface area contributed by atoms with E-state index in [9.17, 15) is 24.8 Å². The van der Waals surface area contributed by atoms with Crippen molar-refractivity contribution in [2.75, 3.05) is 6.54 Å². The highest BCUT2D eigenvalue weighted by molar-refractivity contribution is 5.84. The van der Waals surface area contributed by atoms with Gasteiger partial charge < -0.3 is 10.0 Å². The second-order valence-electron chi connectivity index (χ2n) is 7.05. The Morgan fingerprint density at radius 2 is 2.12 bits per heavy atom. The van der Waals surface area contributed by atoms with E-state index in [1.165, 1.54) is 4.90 Å². The number of carbonyl (C=O) groups is 2. The molecule has 1 amide bonds. The summed E-state index contributed by atoms with van der Waals surface area (Å²) in [5, 5.41) is 20.2. The van der Waals surface area contributed by atoms with Crippen molar-refractivity contribution in [3.63, 3.8) is 0 Å². The van der Waals surface area contributed by atoms with Crippen LogP contribution in [0.1, 0.15) is 42.4 Å². The van der Waals surface area contributed by atoms with Crippen LogP contribution in [-0.4, -0.2) is 39.4 Å². The van der Waals surface area contributed by atoms with Crippen LogP contribution < -0.4 is 0 Å². The van der Waals surface area contributed by atoms with E-state index in [0.717, 1.165) is 42.4 Å². The number of nitrogens with zero attached hydrogens (tertiary/aromatic N) is 2. The van der Waals surface area contributed by atoms with Gasteiger partial charge in [0.1, 0.15) is 6.04 Å². The lowest BCUT2D eigenvalue weighted by Gasteiger charge is -2.28. The van der Waals surface area contributed by atoms with Crippen molar-refractivity contribution in [1.82, 2.24) is 4.90 Å². The molecule has 1 aromatic rings. The Morgan fingerprint density at radius 1 is 1.36 bits per heavy atom. The van der Waals surface area contributed by atoms with Crippen LogP contribution in [0.2, 0.25) is 0 Å². The van der Waals surface area contributed by atoms with Gasteiger partial charge in [-0.3, -0.25) is 14.9 Å². The molecule has 1 fully saturated rings. The van der Waals surface area contributed by atoms with Gasteiger partial charge in [0.25, 0.3) is 5.69 Å². The SMILES string of the molecule is Cc1cc([N+](=O)[O-])cc2c1CC(CC(=O)N1CCC[C@H]1C(=O)O)CC2. The van der Waals surface area contributed by atoms with E-state index in [-0.39, 0.29) is 22.4 Å². The van der Waals surface area contributed by atoms with Crippen molar-refractivity contribution in [2.45, 2.75) is 51.5 Å². The first-order valence-electron chi connectivity index (χ1n) is 8.66. The summed E-state index contributed by atoms with van der Waals surface area (Å²) >= 11 is 0. The Hall–Kier alpha value is -2.44. The van der Waals surface area contributed by atoms with Gasteiger partial charge in [-0.1, -0.05) is 0 Å². The molecule has 7 heteroatoms. The topological polar surface area (TPSA) is 101 Å². The Kier molecular flexibility index (Phi) is 4.74. The van der Waals surface area contributed by atoms with Crippen molar-refractivity contribution in [3.8, 4) is 0 Å². The summed E-state index contributed by atoms with van der Waals surface area (Å²) in [5.41, 5.74) is 3.11. The number of non-ortho nitro benzene ring substituents is 1. The molecule has 1 unspecified atom stereocenters. The van der Waals surface area contributed by atoms with Crippen LogP contribution >= 0.6 is 0 Å². The largest absolute Gasteiger partial charge is 0.480 e. The van der Waals surface area contributed by atoms with Gasteiger partial charge in [0.05, 0.1) is 4.92 Å². The van der Waals surface area contributed by atoms with Crippen molar-refractivity contribution >= 4 is 17.6 Å². The Bertz CT molecular complexity index is 730. The summed E-state index contributed by atoms with van der Waals surface area (Å²) in [4.78, 5) is 35.9. The summed E-state index contributed by atoms with van der Waals surface area (Å²) in [5.74, 6) is -0.851. The van der Waals surface area contributed by atoms with Gasteiger partial charge in [-0.25, -0.2) is 4.79 Å². The van der Waals surface area contributed by atoms with E-state index in [4.69, 9.17) is 0 Å². The fraction of sp³-hybridized carbons (Fsp3) is 0.556. The molecular weight excluding hydrogens is 324 g/mol. The van der Waals surface area contributed by atoms with E-state index in [1.54, 1.807) is 12.1 Å². The first-order valence-corrected chi connectivity index (χ1v) is 8.66. The number of nitro groups is 1. The maximum Gasteiger partial charge on any atom is 0.326 e. The maximum atomic E-state index is 12.5. The molecule has 25 heavy (non-hydrogen) atoms. The van der Waals surface area contributed by atoms with E-state index in [2.05, 4.69) is 0 Å². The number of benzene rings is 1. The number of amides is 1. The monoisotopic (exact) mass is 346 g/mol. The summed E-state index contributed by atoms with van der Waals surface area (Å²) < 4.78 is 0. The zero-order valence-electron chi connectivity index (χ0n) is 14.2. The summed E-state index contributed by atoms with van der Waals surface area (Å²) in [6.45, 7) is 2.39. The van der Waals surface area contributed by atoms with E-state index in [1.807, 2.05) is 6.92 Å². The van der Waals surface area contributed by atoms with Crippen molar-refractivity contribution in [2.24, 2.45) is 5.92 Å². The van der Waals surface area contributed by atoms with Gasteiger partial charge in [-0.2, -0.15) is 0 Å². The number of likely N-dealkylation sites (tertiary alicyclic amines) is 1. The number of hydrogen-bond acceptors (Lipinski definition) is 4. The zero-order chi connectivity index (χ0) is 18.1. The van der Waals surface area contributed by atoms with Crippen molar-refractivity contribution in [1.29, 1.82) is 0 Å². The molecule has 1 aromatic carbocycles. The predicted octanol–water partition coefficient (Wildman–Crippen LogP) is 2.47. The number of rotatable bonds is 4. The van der Waals surface area contributed by atoms with Gasteiger partial charge in [0.2, 0.25) is 5.91 Å². The Balaban J connectivity index is 1.70. The highest BCUT2D eigenvalue weighted by atomic mass is 16.6. The van der Waals surface area contributed by atoms with Gasteiger partial charge in [0.15, 0.2) is 0 Å². The lowest BCUT2D eigenvalue weighted by molar-refractivity contribution is -0.385. The maximum absolute atomic E-state index is 12.5. The van der Waals surface area contributed by atoms with Gasteiger partial charge >= 0.3 is 5.97 Å². The van der Waals surface area contributed by atoms with Crippen molar-refractivity contribution in [3.05, 3.63) is 38.9 Å². The third-order valence-electron chi connectivity index (χ3n) is 5.40. The summed E-state index contributed by atoms with van der Waals surface area (Å²) in [7, 11) is 0. The van der Waals surface area contributed by atoms with Crippen LogP contribution in [0.5, 0.6) is 0 Å². The van der Waals surface area contributed by atoms with E-state index < -0.39 is 12.0 Å². The standard InChI is InChI=1S/C18H22N2O5/c1-11-7-14(20(24)25)10-13-5-4-12(8-15(11)13)9-17(21)19-6-2-3-16(19)18(22)23/h7,10,12,16H,2-6,8-9H2,1H3,(H,22,23)/t12?,16-/m0/s1. The third-order valence-corrected chi connectivity index (χ3v) is 5.40. The fourth-order valence-electron chi connectivity index (χ4n) is 4.10. The molecule has 2 atom stereocenters. The number of carbonyl (C=O) groups excluding carboxylic acids is 1. The molecule has 1 N–H and O–H groups in total. The molecule has 1 heterocycles. The molecule has 0 aromatic heterocycles. The van der Waals surface area contributed by atoms with E-state index in [0.29, 0.717) is 19.4 Å². The fourth-order valence-corrected chi connectivity index (χ4v) is 4.10. The highest BCUT2D eigenvalue weighted by Gasteiger charge is 2.35. The quantitative estimate of drug-likeness (QED) is 0.667. The molecule has 2 aliphatic rings. The van der Waals surface area contributed by atoms with E-state index >= 15 is 0 Å². The number of hydrogen-bond donors (Lipinski definition) is 1. The lowest BCUT2D eigenvalue weighted by Crippen LogP contribution is -2.41. The number of aryl methyl sites for hydroxylation is 2.